The predicted octanol–water partition coefficient (Wildman–Crippen LogP) is 6.45. The highest BCUT2D eigenvalue weighted by atomic mass is 16.6. The number of nitrogens with one attached hydrogen (secondary N) is 2. The highest BCUT2D eigenvalue weighted by molar-refractivity contribution is 5.95. The number of carbonyl (C=O) groups is 2. The SMILES string of the molecule is COC(=O)Cc1ccccc1CNc1cc(-c2cccc(CNC(=O)OC(C)(C)C)c2)c2occc2c1. The Balaban J connectivity index is 1.55. The van der Waals surface area contributed by atoms with Crippen molar-refractivity contribution in [3.63, 3.8) is 0 Å². The third-order valence-corrected chi connectivity index (χ3v) is 5.79. The second-order valence-electron chi connectivity index (χ2n) is 9.79. The number of benzene rings is 3. The van der Waals surface area contributed by atoms with Crippen LogP contribution in [0.15, 0.2) is 77.4 Å². The summed E-state index contributed by atoms with van der Waals surface area (Å²) in [4.78, 5) is 23.9. The smallest absolute Gasteiger partial charge is 0.407 e. The summed E-state index contributed by atoms with van der Waals surface area (Å²) in [6.45, 7) is 6.40. The molecule has 1 amide bonds. The summed E-state index contributed by atoms with van der Waals surface area (Å²) in [5, 5.41) is 7.28. The standard InChI is InChI=1S/C30H32N2O5/c1-30(2,3)37-29(34)32-18-20-8-7-11-22(14-20)26-17-25(15-23-12-13-36-28(23)26)31-19-24-10-6-5-9-21(24)16-27(33)35-4/h5-15,17,31H,16,18-19H2,1-4H3,(H,32,34). The number of esters is 1. The molecule has 0 radical (unpaired) electrons. The fraction of sp³-hybridized carbons (Fsp3) is 0.267. The molecule has 0 unspecified atom stereocenters. The van der Waals surface area contributed by atoms with Gasteiger partial charge in [0, 0.05) is 29.7 Å². The van der Waals surface area contributed by atoms with Crippen LogP contribution in [0.25, 0.3) is 22.1 Å². The molecular weight excluding hydrogens is 468 g/mol. The molecule has 0 saturated heterocycles. The second-order valence-corrected chi connectivity index (χ2v) is 9.79. The predicted molar refractivity (Wildman–Crippen MR) is 144 cm³/mol. The van der Waals surface area contributed by atoms with Crippen LogP contribution in [0.3, 0.4) is 0 Å². The minimum Gasteiger partial charge on any atom is -0.469 e. The largest absolute Gasteiger partial charge is 0.469 e. The van der Waals surface area contributed by atoms with E-state index in [1.54, 1.807) is 6.26 Å². The van der Waals surface area contributed by atoms with Crippen molar-refractivity contribution in [1.82, 2.24) is 5.32 Å². The zero-order chi connectivity index (χ0) is 26.4. The second kappa shape index (κ2) is 11.2. The number of anilines is 1. The lowest BCUT2D eigenvalue weighted by Crippen LogP contribution is -2.32. The molecule has 1 heterocycles. The Morgan fingerprint density at radius 3 is 2.46 bits per heavy atom. The summed E-state index contributed by atoms with van der Waals surface area (Å²) in [5.74, 6) is -0.268. The Labute approximate surface area is 216 Å². The summed E-state index contributed by atoms with van der Waals surface area (Å²) in [5.41, 5.74) is 5.96. The fourth-order valence-electron chi connectivity index (χ4n) is 4.06. The number of rotatable bonds is 8. The first-order chi connectivity index (χ1) is 17.7. The number of hydrogen-bond donors (Lipinski definition) is 2. The van der Waals surface area contributed by atoms with Crippen LogP contribution in [-0.2, 0) is 33.8 Å². The van der Waals surface area contributed by atoms with E-state index in [1.807, 2.05) is 81.4 Å². The van der Waals surface area contributed by atoms with E-state index in [2.05, 4.69) is 16.7 Å². The van der Waals surface area contributed by atoms with Gasteiger partial charge in [0.05, 0.1) is 19.8 Å². The number of alkyl carbamates (subject to hydrolysis) is 1. The molecule has 0 bridgehead atoms. The first-order valence-corrected chi connectivity index (χ1v) is 12.2. The number of fused-ring (bicyclic) bond motifs is 1. The molecule has 0 saturated carbocycles. The van der Waals surface area contributed by atoms with Gasteiger partial charge in [-0.15, -0.1) is 0 Å². The third-order valence-electron chi connectivity index (χ3n) is 5.79. The maximum Gasteiger partial charge on any atom is 0.407 e. The van der Waals surface area contributed by atoms with E-state index in [1.165, 1.54) is 7.11 Å². The highest BCUT2D eigenvalue weighted by Gasteiger charge is 2.16. The summed E-state index contributed by atoms with van der Waals surface area (Å²) in [6.07, 6.45) is 1.45. The van der Waals surface area contributed by atoms with Crippen LogP contribution in [0.5, 0.6) is 0 Å². The molecule has 0 atom stereocenters. The fourth-order valence-corrected chi connectivity index (χ4v) is 4.06. The number of carbonyl (C=O) groups excluding carboxylic acids is 2. The van der Waals surface area contributed by atoms with Gasteiger partial charge in [-0.3, -0.25) is 4.79 Å². The first-order valence-electron chi connectivity index (χ1n) is 12.2. The maximum atomic E-state index is 12.1. The maximum absolute atomic E-state index is 12.1. The van der Waals surface area contributed by atoms with E-state index < -0.39 is 11.7 Å². The van der Waals surface area contributed by atoms with Gasteiger partial charge in [0.25, 0.3) is 0 Å². The number of hydrogen-bond acceptors (Lipinski definition) is 6. The molecular formula is C30H32N2O5. The molecule has 192 valence electrons. The lowest BCUT2D eigenvalue weighted by molar-refractivity contribution is -0.139. The van der Waals surface area contributed by atoms with Gasteiger partial charge in [-0.05, 0) is 67.3 Å². The average Bonchev–Trinajstić information content (AvgIpc) is 3.34. The quantitative estimate of drug-likeness (QED) is 0.270. The number of amides is 1. The summed E-state index contributed by atoms with van der Waals surface area (Å²) < 4.78 is 16.0. The van der Waals surface area contributed by atoms with Crippen LogP contribution in [0, 0.1) is 0 Å². The minimum atomic E-state index is -0.552. The monoisotopic (exact) mass is 500 g/mol. The minimum absolute atomic E-state index is 0.227. The Kier molecular flexibility index (Phi) is 7.82. The van der Waals surface area contributed by atoms with Gasteiger partial charge in [0.1, 0.15) is 11.2 Å². The van der Waals surface area contributed by atoms with E-state index in [0.29, 0.717) is 13.1 Å². The Hall–Kier alpha value is -4.26. The zero-order valence-corrected chi connectivity index (χ0v) is 21.6. The molecule has 0 aliphatic carbocycles. The van der Waals surface area contributed by atoms with Crippen molar-refractivity contribution in [2.24, 2.45) is 0 Å². The van der Waals surface area contributed by atoms with Crippen molar-refractivity contribution < 1.29 is 23.5 Å². The van der Waals surface area contributed by atoms with Crippen LogP contribution < -0.4 is 10.6 Å². The van der Waals surface area contributed by atoms with E-state index in [9.17, 15) is 9.59 Å². The van der Waals surface area contributed by atoms with Crippen molar-refractivity contribution in [1.29, 1.82) is 0 Å². The summed E-state index contributed by atoms with van der Waals surface area (Å²) >= 11 is 0. The van der Waals surface area contributed by atoms with Crippen molar-refractivity contribution in [2.45, 2.75) is 45.9 Å². The normalized spacial score (nSPS) is 11.2. The number of ether oxygens (including phenoxy) is 2. The van der Waals surface area contributed by atoms with Gasteiger partial charge in [0.15, 0.2) is 0 Å². The molecule has 0 aliphatic heterocycles. The molecule has 1 aromatic heterocycles. The number of methoxy groups -OCH3 is 1. The van der Waals surface area contributed by atoms with E-state index >= 15 is 0 Å². The highest BCUT2D eigenvalue weighted by Crippen LogP contribution is 2.33. The van der Waals surface area contributed by atoms with Crippen molar-refractivity contribution in [3.05, 3.63) is 89.7 Å². The van der Waals surface area contributed by atoms with Crippen molar-refractivity contribution in [3.8, 4) is 11.1 Å². The Morgan fingerprint density at radius 1 is 0.919 bits per heavy atom. The first kappa shape index (κ1) is 25.8. The lowest BCUT2D eigenvalue weighted by Gasteiger charge is -2.19. The Bertz CT molecular complexity index is 1400. The van der Waals surface area contributed by atoms with Gasteiger partial charge in [-0.2, -0.15) is 0 Å². The van der Waals surface area contributed by atoms with Gasteiger partial charge in [-0.25, -0.2) is 4.79 Å². The molecule has 0 aliphatic rings. The van der Waals surface area contributed by atoms with E-state index in [4.69, 9.17) is 13.9 Å². The zero-order valence-electron chi connectivity index (χ0n) is 21.6. The van der Waals surface area contributed by atoms with Gasteiger partial charge >= 0.3 is 12.1 Å². The van der Waals surface area contributed by atoms with E-state index in [0.717, 1.165) is 44.5 Å². The van der Waals surface area contributed by atoms with E-state index in [-0.39, 0.29) is 12.4 Å². The van der Waals surface area contributed by atoms with Gasteiger partial charge in [0.2, 0.25) is 0 Å². The van der Waals surface area contributed by atoms with Crippen LogP contribution in [-0.4, -0.2) is 24.8 Å². The van der Waals surface area contributed by atoms with Crippen LogP contribution in [0.2, 0.25) is 0 Å². The van der Waals surface area contributed by atoms with Crippen LogP contribution >= 0.6 is 0 Å². The molecule has 7 nitrogen and oxygen atoms in total. The molecule has 2 N–H and O–H groups in total. The molecule has 4 aromatic rings. The third kappa shape index (κ3) is 6.91. The van der Waals surface area contributed by atoms with Gasteiger partial charge in [-0.1, -0.05) is 42.5 Å². The van der Waals surface area contributed by atoms with Crippen LogP contribution in [0.1, 0.15) is 37.5 Å². The summed E-state index contributed by atoms with van der Waals surface area (Å²) in [7, 11) is 1.40. The molecule has 0 spiro atoms. The molecule has 4 rings (SSSR count). The molecule has 7 heteroatoms. The molecule has 3 aromatic carbocycles. The molecule has 37 heavy (non-hydrogen) atoms. The van der Waals surface area contributed by atoms with Crippen molar-refractivity contribution >= 4 is 28.7 Å². The lowest BCUT2D eigenvalue weighted by atomic mass is 10.00. The Morgan fingerprint density at radius 2 is 1.70 bits per heavy atom. The summed E-state index contributed by atoms with van der Waals surface area (Å²) in [6, 6.07) is 21.8. The molecule has 0 fully saturated rings. The van der Waals surface area contributed by atoms with Gasteiger partial charge < -0.3 is 24.5 Å². The van der Waals surface area contributed by atoms with Crippen molar-refractivity contribution in [2.75, 3.05) is 12.4 Å². The average molecular weight is 501 g/mol. The topological polar surface area (TPSA) is 89.8 Å². The van der Waals surface area contributed by atoms with Crippen LogP contribution in [0.4, 0.5) is 10.5 Å². The number of furan rings is 1.